The molecule has 0 bridgehead atoms. The highest BCUT2D eigenvalue weighted by Gasteiger charge is 2.26. The molecule has 1 unspecified atom stereocenters. The molecule has 0 N–H and O–H groups in total. The molecule has 3 rings (SSSR count). The molecule has 1 atom stereocenters. The van der Waals surface area contributed by atoms with Gasteiger partial charge >= 0.3 is 0 Å². The van der Waals surface area contributed by atoms with Crippen LogP contribution in [0, 0.1) is 25.5 Å². The van der Waals surface area contributed by atoms with Gasteiger partial charge in [-0.15, -0.1) is 11.3 Å². The van der Waals surface area contributed by atoms with Crippen LogP contribution >= 0.6 is 23.1 Å². The number of rotatable bonds is 2. The van der Waals surface area contributed by atoms with E-state index in [1.807, 2.05) is 13.8 Å². The molecular formula is C17H18F2N2OS2. The average molecular weight is 368 g/mol. The second-order valence-electron chi connectivity index (χ2n) is 5.75. The molecule has 0 radical (unpaired) electrons. The van der Waals surface area contributed by atoms with Crippen molar-refractivity contribution >= 4 is 29.0 Å². The van der Waals surface area contributed by atoms with Crippen LogP contribution in [0.3, 0.4) is 0 Å². The lowest BCUT2D eigenvalue weighted by Crippen LogP contribution is -2.32. The summed E-state index contributed by atoms with van der Waals surface area (Å²) in [7, 11) is 0. The lowest BCUT2D eigenvalue weighted by atomic mass is 10.1. The summed E-state index contributed by atoms with van der Waals surface area (Å²) in [6.45, 7) is 4.86. The van der Waals surface area contributed by atoms with Crippen LogP contribution in [-0.2, 0) is 0 Å². The third-order valence-corrected chi connectivity index (χ3v) is 6.40. The van der Waals surface area contributed by atoms with Crippen LogP contribution in [0.5, 0.6) is 0 Å². The minimum atomic E-state index is -0.431. The Morgan fingerprint density at radius 2 is 2.08 bits per heavy atom. The van der Waals surface area contributed by atoms with E-state index in [9.17, 15) is 13.6 Å². The third-order valence-electron chi connectivity index (χ3n) is 4.03. The van der Waals surface area contributed by atoms with Crippen LogP contribution in [0.4, 0.5) is 8.78 Å². The van der Waals surface area contributed by atoms with Gasteiger partial charge in [0.15, 0.2) is 0 Å². The van der Waals surface area contributed by atoms with Gasteiger partial charge in [-0.25, -0.2) is 13.8 Å². The van der Waals surface area contributed by atoms with Gasteiger partial charge in [0, 0.05) is 29.7 Å². The zero-order chi connectivity index (χ0) is 17.3. The maximum atomic E-state index is 14.0. The van der Waals surface area contributed by atoms with Gasteiger partial charge in [0.25, 0.3) is 5.91 Å². The molecule has 1 amide bonds. The molecule has 1 aromatic heterocycles. The second kappa shape index (κ2) is 7.19. The van der Waals surface area contributed by atoms with E-state index in [1.165, 1.54) is 23.5 Å². The molecule has 1 aliphatic rings. The van der Waals surface area contributed by atoms with Gasteiger partial charge in [0.05, 0.1) is 10.7 Å². The molecule has 3 nitrogen and oxygen atoms in total. The zero-order valence-electron chi connectivity index (χ0n) is 13.5. The maximum absolute atomic E-state index is 14.0. The molecule has 7 heteroatoms. The third kappa shape index (κ3) is 3.62. The highest BCUT2D eigenvalue weighted by atomic mass is 32.2. The first-order chi connectivity index (χ1) is 11.5. The minimum Gasteiger partial charge on any atom is -0.337 e. The fourth-order valence-electron chi connectivity index (χ4n) is 2.86. The Balaban J connectivity index is 1.74. The van der Waals surface area contributed by atoms with Crippen LogP contribution in [-0.4, -0.2) is 34.6 Å². The van der Waals surface area contributed by atoms with E-state index in [4.69, 9.17) is 0 Å². The summed E-state index contributed by atoms with van der Waals surface area (Å²) in [5, 5.41) is 0.738. The molecule has 128 valence electrons. The molecule has 1 aromatic carbocycles. The summed E-state index contributed by atoms with van der Waals surface area (Å²) in [4.78, 5) is 19.5. The van der Waals surface area contributed by atoms with Gasteiger partial charge in [0.2, 0.25) is 0 Å². The van der Waals surface area contributed by atoms with Crippen LogP contribution in [0.2, 0.25) is 0 Å². The number of aryl methyl sites for hydroxylation is 2. The van der Waals surface area contributed by atoms with Crippen molar-refractivity contribution in [2.45, 2.75) is 25.5 Å². The summed E-state index contributed by atoms with van der Waals surface area (Å²) in [6.07, 6.45) is 0.605. The van der Waals surface area contributed by atoms with E-state index in [2.05, 4.69) is 4.98 Å². The number of benzene rings is 1. The van der Waals surface area contributed by atoms with Gasteiger partial charge in [-0.3, -0.25) is 4.79 Å². The first kappa shape index (κ1) is 17.4. The Kier molecular flexibility index (Phi) is 5.20. The number of hydrogen-bond donors (Lipinski definition) is 0. The summed E-state index contributed by atoms with van der Waals surface area (Å²) in [6, 6.07) is 3.56. The van der Waals surface area contributed by atoms with E-state index >= 15 is 0 Å². The van der Waals surface area contributed by atoms with E-state index in [0.29, 0.717) is 35.7 Å². The minimum absolute atomic E-state index is 0.0148. The Labute approximate surface area is 148 Å². The number of nitrogens with zero attached hydrogens (tertiary/aromatic N) is 2. The van der Waals surface area contributed by atoms with Crippen molar-refractivity contribution in [3.05, 3.63) is 51.0 Å². The monoisotopic (exact) mass is 368 g/mol. The SMILES string of the molecule is Cc1nc(C)c(C(=O)N2CCSC(c3cc(F)ccc3F)CC2)s1. The quantitative estimate of drug-likeness (QED) is 0.790. The van der Waals surface area contributed by atoms with Crippen molar-refractivity contribution in [2.24, 2.45) is 0 Å². The molecule has 1 fully saturated rings. The topological polar surface area (TPSA) is 33.2 Å². The van der Waals surface area contributed by atoms with E-state index in [0.717, 1.165) is 16.8 Å². The second-order valence-corrected chi connectivity index (χ2v) is 8.27. The number of hydrogen-bond acceptors (Lipinski definition) is 4. The van der Waals surface area contributed by atoms with Gasteiger partial charge in [-0.05, 0) is 38.5 Å². The van der Waals surface area contributed by atoms with E-state index < -0.39 is 5.82 Å². The standard InChI is InChI=1S/C17H18F2N2OS2/c1-10-16(24-11(2)20-10)17(22)21-6-5-15(23-8-7-21)13-9-12(18)3-4-14(13)19/h3-4,9,15H,5-8H2,1-2H3. The molecular weight excluding hydrogens is 350 g/mol. The molecule has 1 saturated heterocycles. The van der Waals surface area contributed by atoms with Crippen molar-refractivity contribution in [2.75, 3.05) is 18.8 Å². The highest BCUT2D eigenvalue weighted by molar-refractivity contribution is 7.99. The van der Waals surface area contributed by atoms with Crippen LogP contribution in [0.1, 0.15) is 37.6 Å². The fourth-order valence-corrected chi connectivity index (χ4v) is 4.99. The van der Waals surface area contributed by atoms with E-state index in [-0.39, 0.29) is 17.0 Å². The number of amides is 1. The number of halogens is 2. The molecule has 1 aliphatic heterocycles. The largest absolute Gasteiger partial charge is 0.337 e. The van der Waals surface area contributed by atoms with Gasteiger partial charge < -0.3 is 4.90 Å². The molecule has 2 aromatic rings. The Bertz CT molecular complexity index is 763. The normalized spacial score (nSPS) is 18.5. The van der Waals surface area contributed by atoms with Crippen molar-refractivity contribution in [3.8, 4) is 0 Å². The van der Waals surface area contributed by atoms with E-state index in [1.54, 1.807) is 16.7 Å². The lowest BCUT2D eigenvalue weighted by molar-refractivity contribution is 0.0770. The predicted molar refractivity (Wildman–Crippen MR) is 93.7 cm³/mol. The summed E-state index contributed by atoms with van der Waals surface area (Å²) in [5.41, 5.74) is 1.14. The molecule has 24 heavy (non-hydrogen) atoms. The van der Waals surface area contributed by atoms with Crippen molar-refractivity contribution in [3.63, 3.8) is 0 Å². The van der Waals surface area contributed by atoms with Crippen LogP contribution in [0.25, 0.3) is 0 Å². The fraction of sp³-hybridized carbons (Fsp3) is 0.412. The van der Waals surface area contributed by atoms with Crippen molar-refractivity contribution < 1.29 is 13.6 Å². The first-order valence-corrected chi connectivity index (χ1v) is 9.62. The average Bonchev–Trinajstić information content (AvgIpc) is 2.75. The highest BCUT2D eigenvalue weighted by Crippen LogP contribution is 2.36. The summed E-state index contributed by atoms with van der Waals surface area (Å²) < 4.78 is 27.4. The number of aromatic nitrogens is 1. The molecule has 2 heterocycles. The molecule has 0 spiro atoms. The number of thiazole rings is 1. The van der Waals surface area contributed by atoms with Crippen LogP contribution in [0.15, 0.2) is 18.2 Å². The maximum Gasteiger partial charge on any atom is 0.265 e. The van der Waals surface area contributed by atoms with Gasteiger partial charge in [-0.2, -0.15) is 11.8 Å². The van der Waals surface area contributed by atoms with Crippen molar-refractivity contribution in [1.82, 2.24) is 9.88 Å². The predicted octanol–water partition coefficient (Wildman–Crippen LogP) is 4.36. The Hall–Kier alpha value is -1.47. The molecule has 0 saturated carbocycles. The summed E-state index contributed by atoms with van der Waals surface area (Å²) >= 11 is 2.98. The number of carbonyl (C=O) groups is 1. The van der Waals surface area contributed by atoms with Crippen molar-refractivity contribution in [1.29, 1.82) is 0 Å². The number of thioether (sulfide) groups is 1. The first-order valence-electron chi connectivity index (χ1n) is 7.75. The van der Waals surface area contributed by atoms with Gasteiger partial charge in [0.1, 0.15) is 16.5 Å². The van der Waals surface area contributed by atoms with Gasteiger partial charge in [-0.1, -0.05) is 0 Å². The Morgan fingerprint density at radius 3 is 2.79 bits per heavy atom. The summed E-state index contributed by atoms with van der Waals surface area (Å²) in [5.74, 6) is -0.134. The number of carbonyl (C=O) groups excluding carboxylic acids is 1. The molecule has 0 aliphatic carbocycles. The lowest BCUT2D eigenvalue weighted by Gasteiger charge is -2.20. The Morgan fingerprint density at radius 1 is 1.29 bits per heavy atom. The van der Waals surface area contributed by atoms with Crippen LogP contribution < -0.4 is 0 Å². The smallest absolute Gasteiger partial charge is 0.265 e. The zero-order valence-corrected chi connectivity index (χ0v) is 15.1.